The Balaban J connectivity index is 1.56. The van der Waals surface area contributed by atoms with Crippen molar-refractivity contribution >= 4 is 28.8 Å². The Hall–Kier alpha value is -3.26. The molecule has 0 unspecified atom stereocenters. The summed E-state index contributed by atoms with van der Waals surface area (Å²) >= 11 is 0. The Morgan fingerprint density at radius 1 is 0.893 bits per heavy atom. The van der Waals surface area contributed by atoms with E-state index >= 15 is 0 Å². The van der Waals surface area contributed by atoms with Gasteiger partial charge in [0, 0.05) is 19.3 Å². The summed E-state index contributed by atoms with van der Waals surface area (Å²) in [6.45, 7) is 2.96. The van der Waals surface area contributed by atoms with Crippen molar-refractivity contribution in [3.8, 4) is 0 Å². The molecule has 1 saturated heterocycles. The number of aromatic nitrogens is 2. The Labute approximate surface area is 161 Å². The summed E-state index contributed by atoms with van der Waals surface area (Å²) in [7, 11) is 0. The van der Waals surface area contributed by atoms with Crippen LogP contribution in [0.3, 0.4) is 0 Å². The summed E-state index contributed by atoms with van der Waals surface area (Å²) in [6.07, 6.45) is 1.52. The highest BCUT2D eigenvalue weighted by Gasteiger charge is 2.15. The van der Waals surface area contributed by atoms with Crippen LogP contribution < -0.4 is 15.5 Å². The molecule has 28 heavy (non-hydrogen) atoms. The van der Waals surface area contributed by atoms with Crippen molar-refractivity contribution < 1.29 is 13.5 Å². The number of para-hydroxylation sites is 3. The van der Waals surface area contributed by atoms with Gasteiger partial charge in [-0.3, -0.25) is 0 Å². The Bertz CT molecular complexity index is 943. The number of rotatable bonds is 5. The van der Waals surface area contributed by atoms with Gasteiger partial charge in [-0.1, -0.05) is 18.2 Å². The minimum absolute atomic E-state index is 0.249. The van der Waals surface area contributed by atoms with Gasteiger partial charge in [0.05, 0.1) is 24.6 Å². The van der Waals surface area contributed by atoms with Gasteiger partial charge in [-0.25, -0.2) is 13.8 Å². The lowest BCUT2D eigenvalue weighted by molar-refractivity contribution is 0.123. The number of hydrogen-bond acceptors (Lipinski definition) is 6. The molecule has 0 aliphatic carbocycles. The fourth-order valence-electron chi connectivity index (χ4n) is 3.01. The molecular weight excluding hydrogens is 364 g/mol. The Morgan fingerprint density at radius 3 is 2.43 bits per heavy atom. The normalized spacial score (nSPS) is 14.0. The minimum Gasteiger partial charge on any atom is -0.378 e. The molecule has 0 bridgehead atoms. The second-order valence-electron chi connectivity index (χ2n) is 6.23. The first-order valence-corrected chi connectivity index (χ1v) is 8.93. The van der Waals surface area contributed by atoms with E-state index < -0.39 is 11.6 Å². The van der Waals surface area contributed by atoms with E-state index in [4.69, 9.17) is 4.74 Å². The van der Waals surface area contributed by atoms with E-state index in [9.17, 15) is 8.78 Å². The maximum Gasteiger partial charge on any atom is 0.229 e. The first-order chi connectivity index (χ1) is 13.7. The zero-order valence-electron chi connectivity index (χ0n) is 15.0. The van der Waals surface area contributed by atoms with Gasteiger partial charge >= 0.3 is 0 Å². The number of nitrogens with one attached hydrogen (secondary N) is 2. The molecule has 8 heteroatoms. The molecule has 144 valence electrons. The average Bonchev–Trinajstić information content (AvgIpc) is 2.72. The average molecular weight is 383 g/mol. The van der Waals surface area contributed by atoms with E-state index in [0.29, 0.717) is 19.2 Å². The van der Waals surface area contributed by atoms with Gasteiger partial charge < -0.3 is 20.3 Å². The molecule has 0 spiro atoms. The molecule has 2 aromatic carbocycles. The number of anilines is 5. The van der Waals surface area contributed by atoms with Gasteiger partial charge in [0.2, 0.25) is 5.95 Å². The standard InChI is InChI=1S/C20H19F2N5O/c21-14-4-3-5-15(22)19(14)25-18-8-9-23-20(26-18)24-16-6-1-2-7-17(16)27-10-12-28-13-11-27/h1-9H,10-13H2,(H2,23,24,25,26). The first-order valence-electron chi connectivity index (χ1n) is 8.93. The topological polar surface area (TPSA) is 62.3 Å². The molecule has 1 fully saturated rings. The SMILES string of the molecule is Fc1cccc(F)c1Nc1ccnc(Nc2ccccc2N2CCOCC2)n1. The van der Waals surface area contributed by atoms with Crippen LogP contribution in [0.5, 0.6) is 0 Å². The van der Waals surface area contributed by atoms with Crippen molar-refractivity contribution in [2.24, 2.45) is 0 Å². The summed E-state index contributed by atoms with van der Waals surface area (Å²) in [5.41, 5.74) is 1.62. The highest BCUT2D eigenvalue weighted by Crippen LogP contribution is 2.29. The molecule has 2 N–H and O–H groups in total. The van der Waals surface area contributed by atoms with Crippen LogP contribution in [0.1, 0.15) is 0 Å². The monoisotopic (exact) mass is 383 g/mol. The predicted molar refractivity (Wildman–Crippen MR) is 104 cm³/mol. The Morgan fingerprint density at radius 2 is 1.64 bits per heavy atom. The van der Waals surface area contributed by atoms with E-state index in [2.05, 4.69) is 25.5 Å². The van der Waals surface area contributed by atoms with Crippen LogP contribution in [0.25, 0.3) is 0 Å². The molecule has 4 rings (SSSR count). The molecule has 1 aliphatic rings. The second kappa shape index (κ2) is 8.18. The van der Waals surface area contributed by atoms with Gasteiger partial charge in [-0.05, 0) is 30.3 Å². The maximum atomic E-state index is 13.9. The third-order valence-corrected chi connectivity index (χ3v) is 4.37. The van der Waals surface area contributed by atoms with E-state index in [1.54, 1.807) is 6.07 Å². The van der Waals surface area contributed by atoms with Crippen LogP contribution in [-0.2, 0) is 4.74 Å². The van der Waals surface area contributed by atoms with Crippen LogP contribution in [0.4, 0.5) is 37.6 Å². The third kappa shape index (κ3) is 4.01. The van der Waals surface area contributed by atoms with E-state index in [0.717, 1.165) is 24.5 Å². The van der Waals surface area contributed by atoms with Gasteiger partial charge in [0.1, 0.15) is 23.1 Å². The number of benzene rings is 2. The fourth-order valence-corrected chi connectivity index (χ4v) is 3.01. The lowest BCUT2D eigenvalue weighted by atomic mass is 10.2. The second-order valence-corrected chi connectivity index (χ2v) is 6.23. The molecule has 0 radical (unpaired) electrons. The first kappa shape index (κ1) is 18.1. The molecule has 1 aromatic heterocycles. The summed E-state index contributed by atoms with van der Waals surface area (Å²) < 4.78 is 33.1. The minimum atomic E-state index is -0.689. The highest BCUT2D eigenvalue weighted by molar-refractivity contribution is 5.74. The summed E-state index contributed by atoms with van der Waals surface area (Å²) in [6, 6.07) is 13.1. The van der Waals surface area contributed by atoms with Crippen LogP contribution in [-0.4, -0.2) is 36.3 Å². The number of hydrogen-bond donors (Lipinski definition) is 2. The van der Waals surface area contributed by atoms with Crippen molar-refractivity contribution in [1.29, 1.82) is 0 Å². The van der Waals surface area contributed by atoms with Gasteiger partial charge in [-0.2, -0.15) is 4.98 Å². The number of ether oxygens (including phenoxy) is 1. The van der Waals surface area contributed by atoms with Crippen molar-refractivity contribution in [3.63, 3.8) is 0 Å². The van der Waals surface area contributed by atoms with Gasteiger partial charge in [-0.15, -0.1) is 0 Å². The van der Waals surface area contributed by atoms with Crippen molar-refractivity contribution in [3.05, 3.63) is 66.4 Å². The van der Waals surface area contributed by atoms with Crippen LogP contribution in [0, 0.1) is 11.6 Å². The van der Waals surface area contributed by atoms with Crippen LogP contribution in [0.15, 0.2) is 54.7 Å². The van der Waals surface area contributed by atoms with E-state index in [1.807, 2.05) is 24.3 Å². The molecule has 2 heterocycles. The van der Waals surface area contributed by atoms with Crippen LogP contribution >= 0.6 is 0 Å². The molecular formula is C20H19F2N5O. The quantitative estimate of drug-likeness (QED) is 0.692. The van der Waals surface area contributed by atoms with Crippen LogP contribution in [0.2, 0.25) is 0 Å². The smallest absolute Gasteiger partial charge is 0.229 e. The van der Waals surface area contributed by atoms with Crippen molar-refractivity contribution in [1.82, 2.24) is 9.97 Å². The third-order valence-electron chi connectivity index (χ3n) is 4.37. The number of nitrogens with zero attached hydrogens (tertiary/aromatic N) is 3. The van der Waals surface area contributed by atoms with Gasteiger partial charge in [0.15, 0.2) is 0 Å². The zero-order chi connectivity index (χ0) is 19.3. The zero-order valence-corrected chi connectivity index (χ0v) is 15.0. The van der Waals surface area contributed by atoms with Gasteiger partial charge in [0.25, 0.3) is 0 Å². The molecule has 1 aliphatic heterocycles. The van der Waals surface area contributed by atoms with Crippen molar-refractivity contribution in [2.45, 2.75) is 0 Å². The molecule has 0 saturated carbocycles. The molecule has 6 nitrogen and oxygen atoms in total. The maximum absolute atomic E-state index is 13.9. The summed E-state index contributed by atoms with van der Waals surface area (Å²) in [5.74, 6) is -0.774. The lowest BCUT2D eigenvalue weighted by Gasteiger charge is -2.30. The largest absolute Gasteiger partial charge is 0.378 e. The highest BCUT2D eigenvalue weighted by atomic mass is 19.1. The number of morpholine rings is 1. The van der Waals surface area contributed by atoms with Crippen molar-refractivity contribution in [2.75, 3.05) is 41.8 Å². The van der Waals surface area contributed by atoms with E-state index in [-0.39, 0.29) is 11.5 Å². The van der Waals surface area contributed by atoms with E-state index in [1.165, 1.54) is 24.4 Å². The summed E-state index contributed by atoms with van der Waals surface area (Å²) in [5, 5.41) is 5.87. The lowest BCUT2D eigenvalue weighted by Crippen LogP contribution is -2.36. The molecule has 3 aromatic rings. The Kier molecular flexibility index (Phi) is 5.29. The predicted octanol–water partition coefficient (Wildman–Crippen LogP) is 4.08. The molecule has 0 amide bonds. The number of halogens is 2. The molecule has 0 atom stereocenters. The summed E-state index contributed by atoms with van der Waals surface area (Å²) in [4.78, 5) is 10.8. The fraction of sp³-hybridized carbons (Fsp3) is 0.200.